The van der Waals surface area contributed by atoms with Gasteiger partial charge in [0, 0.05) is 25.8 Å². The second kappa shape index (κ2) is 6.84. The molecule has 0 N–H and O–H groups in total. The van der Waals surface area contributed by atoms with Crippen LogP contribution in [0.4, 0.5) is 8.78 Å². The molecule has 24 heavy (non-hydrogen) atoms. The zero-order valence-electron chi connectivity index (χ0n) is 12.8. The maximum atomic E-state index is 13.3. The van der Waals surface area contributed by atoms with Crippen LogP contribution in [0.3, 0.4) is 0 Å². The topological polar surface area (TPSA) is 48.0 Å². The molecular formula is C16H16Cl2F2N2O2. The molecule has 2 aromatic rings. The zero-order chi connectivity index (χ0) is 17.3. The number of nitrogens with zero attached hydrogens (tertiary/aromatic N) is 2. The first-order valence-electron chi connectivity index (χ1n) is 7.72. The van der Waals surface area contributed by atoms with E-state index in [0.717, 1.165) is 5.56 Å². The van der Waals surface area contributed by atoms with Gasteiger partial charge in [0.05, 0.1) is 10.0 Å². The Morgan fingerprint density at radius 3 is 2.71 bits per heavy atom. The molecule has 1 aliphatic carbocycles. The average Bonchev–Trinajstić information content (AvgIpc) is 2.87. The number of rotatable bonds is 4. The van der Waals surface area contributed by atoms with Crippen molar-refractivity contribution in [3.8, 4) is 0 Å². The quantitative estimate of drug-likeness (QED) is 0.785. The largest absolute Gasteiger partial charge is 0.441 e. The fourth-order valence-electron chi connectivity index (χ4n) is 3.00. The molecule has 1 aliphatic rings. The van der Waals surface area contributed by atoms with Gasteiger partial charge >= 0.3 is 5.76 Å². The third-order valence-corrected chi connectivity index (χ3v) is 5.28. The summed E-state index contributed by atoms with van der Waals surface area (Å²) in [7, 11) is 0. The second-order valence-corrected chi connectivity index (χ2v) is 6.95. The van der Waals surface area contributed by atoms with E-state index in [9.17, 15) is 13.6 Å². The molecule has 0 spiro atoms. The van der Waals surface area contributed by atoms with E-state index < -0.39 is 11.7 Å². The lowest BCUT2D eigenvalue weighted by atomic mass is 9.86. The van der Waals surface area contributed by atoms with Gasteiger partial charge in [-0.2, -0.15) is 0 Å². The van der Waals surface area contributed by atoms with Crippen LogP contribution in [0.1, 0.15) is 37.1 Å². The number of hydrogen-bond donors (Lipinski definition) is 0. The molecule has 1 fully saturated rings. The number of hydrogen-bond acceptors (Lipinski definition) is 3. The van der Waals surface area contributed by atoms with Gasteiger partial charge in [-0.15, -0.1) is 0 Å². The summed E-state index contributed by atoms with van der Waals surface area (Å²) >= 11 is 12.2. The average molecular weight is 377 g/mol. The number of benzene rings is 1. The summed E-state index contributed by atoms with van der Waals surface area (Å²) in [4.78, 5) is 11.9. The summed E-state index contributed by atoms with van der Waals surface area (Å²) in [6.45, 7) is 0.325. The summed E-state index contributed by atoms with van der Waals surface area (Å²) in [5, 5.41) is 4.62. The van der Waals surface area contributed by atoms with Crippen molar-refractivity contribution in [1.82, 2.24) is 9.72 Å². The van der Waals surface area contributed by atoms with Crippen molar-refractivity contribution in [2.45, 2.75) is 44.6 Å². The summed E-state index contributed by atoms with van der Waals surface area (Å²) in [6, 6.07) is 5.22. The minimum atomic E-state index is -2.59. The predicted molar refractivity (Wildman–Crippen MR) is 86.9 cm³/mol. The minimum absolute atomic E-state index is 0.00954. The van der Waals surface area contributed by atoms with Crippen molar-refractivity contribution in [3.63, 3.8) is 0 Å². The highest BCUT2D eigenvalue weighted by atomic mass is 35.5. The Kier molecular flexibility index (Phi) is 4.97. The number of aromatic nitrogens is 2. The maximum Gasteiger partial charge on any atom is 0.441 e. The molecule has 4 nitrogen and oxygen atoms in total. The third kappa shape index (κ3) is 3.81. The van der Waals surface area contributed by atoms with Gasteiger partial charge in [0.15, 0.2) is 5.82 Å². The smallest absolute Gasteiger partial charge is 0.296 e. The first-order chi connectivity index (χ1) is 11.4. The van der Waals surface area contributed by atoms with Gasteiger partial charge in [-0.25, -0.2) is 13.6 Å². The van der Waals surface area contributed by atoms with Crippen molar-refractivity contribution in [3.05, 3.63) is 50.2 Å². The number of alkyl halides is 2. The molecule has 0 saturated heterocycles. The summed E-state index contributed by atoms with van der Waals surface area (Å²) in [5.41, 5.74) is 0.724. The first-order valence-corrected chi connectivity index (χ1v) is 8.47. The molecular weight excluding hydrogens is 361 g/mol. The normalized spacial score (nSPS) is 18.0. The van der Waals surface area contributed by atoms with Gasteiger partial charge in [0.25, 0.3) is 0 Å². The molecule has 0 aliphatic heterocycles. The molecule has 0 atom stereocenters. The van der Waals surface area contributed by atoms with E-state index in [1.807, 2.05) is 0 Å². The van der Waals surface area contributed by atoms with Gasteiger partial charge in [-0.3, -0.25) is 9.09 Å². The van der Waals surface area contributed by atoms with E-state index >= 15 is 0 Å². The Labute approximate surface area is 147 Å². The Morgan fingerprint density at radius 2 is 2.00 bits per heavy atom. The van der Waals surface area contributed by atoms with Crippen molar-refractivity contribution in [2.75, 3.05) is 0 Å². The maximum absolute atomic E-state index is 13.3. The number of halogens is 4. The Balaban J connectivity index is 1.77. The molecule has 1 aromatic heterocycles. The van der Waals surface area contributed by atoms with Crippen LogP contribution in [-0.2, 0) is 13.0 Å². The van der Waals surface area contributed by atoms with Crippen LogP contribution in [0.25, 0.3) is 0 Å². The fraction of sp³-hybridized carbons (Fsp3) is 0.500. The standard InChI is InChI=1S/C16H16Cl2F2N2O2/c17-12-3-1-2-11(14(12)18)8-13-21-24-15(23)22(13)9-10-4-6-16(19,20)7-5-10/h1-3,10H,4-9H2. The SMILES string of the molecule is O=c1onc(Cc2cccc(Cl)c2Cl)n1CC1CCC(F)(F)CC1. The predicted octanol–water partition coefficient (Wildman–Crippen LogP) is 4.56. The molecule has 3 rings (SSSR count). The van der Waals surface area contributed by atoms with Crippen LogP contribution < -0.4 is 5.76 Å². The molecule has 0 unspecified atom stereocenters. The monoisotopic (exact) mass is 376 g/mol. The second-order valence-electron chi connectivity index (χ2n) is 6.16. The molecule has 8 heteroatoms. The van der Waals surface area contributed by atoms with Crippen molar-refractivity contribution < 1.29 is 13.3 Å². The summed E-state index contributed by atoms with van der Waals surface area (Å²) in [6.07, 6.45) is 0.748. The van der Waals surface area contributed by atoms with Crippen LogP contribution in [0.5, 0.6) is 0 Å². The van der Waals surface area contributed by atoms with Gasteiger partial charge in [0.2, 0.25) is 5.92 Å². The molecule has 0 bridgehead atoms. The summed E-state index contributed by atoms with van der Waals surface area (Å²) < 4.78 is 32.7. The minimum Gasteiger partial charge on any atom is -0.296 e. The molecule has 1 aromatic carbocycles. The van der Waals surface area contributed by atoms with Gasteiger partial charge in [-0.05, 0) is 30.4 Å². The van der Waals surface area contributed by atoms with Crippen molar-refractivity contribution in [2.24, 2.45) is 5.92 Å². The Hall–Kier alpha value is -1.40. The van der Waals surface area contributed by atoms with E-state index in [1.165, 1.54) is 4.57 Å². The van der Waals surface area contributed by atoms with E-state index in [0.29, 0.717) is 35.3 Å². The van der Waals surface area contributed by atoms with Crippen LogP contribution in [0, 0.1) is 5.92 Å². The summed E-state index contributed by atoms with van der Waals surface area (Å²) in [5.74, 6) is -2.75. The molecule has 0 amide bonds. The van der Waals surface area contributed by atoms with Crippen LogP contribution in [0.2, 0.25) is 10.0 Å². The Morgan fingerprint density at radius 1 is 1.29 bits per heavy atom. The highest BCUT2D eigenvalue weighted by molar-refractivity contribution is 6.42. The van der Waals surface area contributed by atoms with Gasteiger partial charge in [0.1, 0.15) is 0 Å². The molecule has 1 saturated carbocycles. The first kappa shape index (κ1) is 17.4. The highest BCUT2D eigenvalue weighted by Gasteiger charge is 2.35. The van der Waals surface area contributed by atoms with E-state index in [1.54, 1.807) is 18.2 Å². The van der Waals surface area contributed by atoms with Crippen LogP contribution in [0.15, 0.2) is 27.5 Å². The molecule has 0 radical (unpaired) electrons. The lowest BCUT2D eigenvalue weighted by Crippen LogP contribution is -2.29. The van der Waals surface area contributed by atoms with Crippen LogP contribution in [-0.4, -0.2) is 15.6 Å². The lowest BCUT2D eigenvalue weighted by molar-refractivity contribution is -0.0475. The molecule has 1 heterocycles. The van der Waals surface area contributed by atoms with Crippen LogP contribution >= 0.6 is 23.2 Å². The van der Waals surface area contributed by atoms with E-state index in [-0.39, 0.29) is 25.2 Å². The fourth-order valence-corrected chi connectivity index (χ4v) is 3.39. The van der Waals surface area contributed by atoms with Crippen molar-refractivity contribution in [1.29, 1.82) is 0 Å². The highest BCUT2D eigenvalue weighted by Crippen LogP contribution is 2.36. The molecule has 130 valence electrons. The zero-order valence-corrected chi connectivity index (χ0v) is 14.3. The van der Waals surface area contributed by atoms with Gasteiger partial charge in [-0.1, -0.05) is 40.5 Å². The van der Waals surface area contributed by atoms with E-state index in [2.05, 4.69) is 5.16 Å². The van der Waals surface area contributed by atoms with Crippen molar-refractivity contribution >= 4 is 23.2 Å². The van der Waals surface area contributed by atoms with Gasteiger partial charge < -0.3 is 0 Å². The Bertz CT molecular complexity index is 779. The third-order valence-electron chi connectivity index (χ3n) is 4.42. The van der Waals surface area contributed by atoms with E-state index in [4.69, 9.17) is 27.7 Å². The lowest BCUT2D eigenvalue weighted by Gasteiger charge is -2.28.